The van der Waals surface area contributed by atoms with Gasteiger partial charge in [-0.2, -0.15) is 0 Å². The van der Waals surface area contributed by atoms with E-state index in [1.165, 1.54) is 24.8 Å². The number of benzene rings is 1. The molecule has 0 radical (unpaired) electrons. The molecule has 0 unspecified atom stereocenters. The second kappa shape index (κ2) is 9.52. The Labute approximate surface area is 170 Å². The van der Waals surface area contributed by atoms with E-state index in [2.05, 4.69) is 25.0 Å². The number of carbonyl (C=O) groups excluding carboxylic acids is 1. The highest BCUT2D eigenvalue weighted by Gasteiger charge is 2.13. The molecular weight excluding hydrogens is 404 g/mol. The molecule has 3 rings (SSSR count). The van der Waals surface area contributed by atoms with Crippen LogP contribution in [0.3, 0.4) is 0 Å². The monoisotopic (exact) mass is 422 g/mol. The van der Waals surface area contributed by atoms with Crippen LogP contribution in [0.2, 0.25) is 0 Å². The minimum Gasteiger partial charge on any atom is -0.493 e. The molecule has 10 heteroatoms. The number of methoxy groups -OCH3 is 2. The highest BCUT2D eigenvalue weighted by Crippen LogP contribution is 2.35. The molecule has 0 aliphatic heterocycles. The molecule has 0 spiro atoms. The second-order valence-electron chi connectivity index (χ2n) is 5.64. The van der Waals surface area contributed by atoms with Crippen molar-refractivity contribution in [3.8, 4) is 11.5 Å². The average Bonchev–Trinajstić information content (AvgIpc) is 3.14. The molecule has 28 heavy (non-hydrogen) atoms. The largest absolute Gasteiger partial charge is 0.493 e. The van der Waals surface area contributed by atoms with E-state index in [-0.39, 0.29) is 12.4 Å². The van der Waals surface area contributed by atoms with Crippen LogP contribution in [-0.2, 0) is 16.0 Å². The molecule has 0 saturated carbocycles. The molecule has 2 aromatic heterocycles. The van der Waals surface area contributed by atoms with Gasteiger partial charge in [0.1, 0.15) is 12.1 Å². The van der Waals surface area contributed by atoms with Crippen LogP contribution < -0.4 is 14.8 Å². The Morgan fingerprint density at radius 1 is 1.21 bits per heavy atom. The maximum atomic E-state index is 11.4. The average molecular weight is 423 g/mol. The smallest absolute Gasteiger partial charge is 0.310 e. The molecule has 8 nitrogen and oxygen atoms in total. The molecule has 0 atom stereocenters. The van der Waals surface area contributed by atoms with Gasteiger partial charge in [0.2, 0.25) is 0 Å². The van der Waals surface area contributed by atoms with Crippen molar-refractivity contribution < 1.29 is 19.0 Å². The van der Waals surface area contributed by atoms with Gasteiger partial charge in [-0.3, -0.25) is 4.79 Å². The van der Waals surface area contributed by atoms with Gasteiger partial charge in [-0.25, -0.2) is 15.0 Å². The standard InChI is InChI=1S/C18H19ClN4O4S/c1-25-14-7-12-13(8-15(14)27-5-3-4-19)21-10-22-17(12)23-18-20-9-11(28-18)6-16(24)26-2/h7-10H,3-6H2,1-2H3,(H,20,21,22,23). The number of hydrogen-bond donors (Lipinski definition) is 1. The summed E-state index contributed by atoms with van der Waals surface area (Å²) in [7, 11) is 2.93. The molecule has 2 heterocycles. The summed E-state index contributed by atoms with van der Waals surface area (Å²) in [4.78, 5) is 25.1. The summed E-state index contributed by atoms with van der Waals surface area (Å²) in [6.07, 6.45) is 4.01. The van der Waals surface area contributed by atoms with Crippen LogP contribution >= 0.6 is 22.9 Å². The van der Waals surface area contributed by atoms with Gasteiger partial charge in [0.25, 0.3) is 0 Å². The van der Waals surface area contributed by atoms with E-state index < -0.39 is 0 Å². The predicted molar refractivity (Wildman–Crippen MR) is 108 cm³/mol. The molecule has 0 aliphatic rings. The third-order valence-corrected chi connectivity index (χ3v) is 4.96. The number of halogens is 1. The zero-order valence-electron chi connectivity index (χ0n) is 15.4. The molecular formula is C18H19ClN4O4S. The first-order chi connectivity index (χ1) is 13.6. The van der Waals surface area contributed by atoms with Crippen molar-refractivity contribution in [1.82, 2.24) is 15.0 Å². The van der Waals surface area contributed by atoms with Crippen LogP contribution in [0.15, 0.2) is 24.7 Å². The Hall–Kier alpha value is -2.65. The lowest BCUT2D eigenvalue weighted by Gasteiger charge is -2.13. The van der Waals surface area contributed by atoms with Crippen LogP contribution in [0.4, 0.5) is 10.9 Å². The Kier molecular flexibility index (Phi) is 6.83. The van der Waals surface area contributed by atoms with E-state index in [1.54, 1.807) is 19.4 Å². The van der Waals surface area contributed by atoms with Crippen LogP contribution in [-0.4, -0.2) is 47.6 Å². The van der Waals surface area contributed by atoms with Crippen molar-refractivity contribution in [2.75, 3.05) is 32.0 Å². The molecule has 1 N–H and O–H groups in total. The van der Waals surface area contributed by atoms with E-state index in [0.29, 0.717) is 40.5 Å². The first-order valence-electron chi connectivity index (χ1n) is 8.44. The van der Waals surface area contributed by atoms with Gasteiger partial charge in [0, 0.05) is 28.4 Å². The lowest BCUT2D eigenvalue weighted by molar-refractivity contribution is -0.139. The molecule has 148 valence electrons. The molecule has 0 aliphatic carbocycles. The fraction of sp³-hybridized carbons (Fsp3) is 0.333. The van der Waals surface area contributed by atoms with Crippen molar-refractivity contribution in [2.24, 2.45) is 0 Å². The van der Waals surface area contributed by atoms with E-state index in [1.807, 2.05) is 6.07 Å². The van der Waals surface area contributed by atoms with E-state index in [0.717, 1.165) is 16.7 Å². The number of fused-ring (bicyclic) bond motifs is 1. The van der Waals surface area contributed by atoms with E-state index in [4.69, 9.17) is 21.1 Å². The zero-order chi connectivity index (χ0) is 19.9. The molecule has 1 aromatic carbocycles. The topological polar surface area (TPSA) is 95.5 Å². The van der Waals surface area contributed by atoms with Crippen molar-refractivity contribution in [3.05, 3.63) is 29.5 Å². The predicted octanol–water partition coefficient (Wildman–Crippen LogP) is 3.56. The molecule has 3 aromatic rings. The van der Waals surface area contributed by atoms with Gasteiger partial charge in [-0.15, -0.1) is 22.9 Å². The van der Waals surface area contributed by atoms with E-state index in [9.17, 15) is 4.79 Å². The maximum Gasteiger partial charge on any atom is 0.310 e. The highest BCUT2D eigenvalue weighted by molar-refractivity contribution is 7.15. The summed E-state index contributed by atoms with van der Waals surface area (Å²) in [6.45, 7) is 0.490. The number of hydrogen-bond acceptors (Lipinski definition) is 9. The first kappa shape index (κ1) is 20.1. The third kappa shape index (κ3) is 4.79. The Balaban J connectivity index is 1.86. The number of nitrogens with zero attached hydrogens (tertiary/aromatic N) is 3. The van der Waals surface area contributed by atoms with Crippen molar-refractivity contribution in [2.45, 2.75) is 12.8 Å². The summed E-state index contributed by atoms with van der Waals surface area (Å²) in [5.41, 5.74) is 0.700. The molecule has 0 bridgehead atoms. The van der Waals surface area contributed by atoms with Crippen molar-refractivity contribution in [1.29, 1.82) is 0 Å². The lowest BCUT2D eigenvalue weighted by Crippen LogP contribution is -2.02. The number of aromatic nitrogens is 3. The minimum atomic E-state index is -0.311. The fourth-order valence-electron chi connectivity index (χ4n) is 2.44. The SMILES string of the molecule is COC(=O)Cc1cnc(Nc2ncnc3cc(OCCCCl)c(OC)cc23)s1. The number of anilines is 2. The summed E-state index contributed by atoms with van der Waals surface area (Å²) in [6, 6.07) is 3.62. The Morgan fingerprint density at radius 2 is 2.07 bits per heavy atom. The van der Waals surface area contributed by atoms with Crippen molar-refractivity contribution in [3.63, 3.8) is 0 Å². The minimum absolute atomic E-state index is 0.178. The highest BCUT2D eigenvalue weighted by atomic mass is 35.5. The van der Waals surface area contributed by atoms with Crippen LogP contribution in [0, 0.1) is 0 Å². The number of carbonyl (C=O) groups is 1. The van der Waals surface area contributed by atoms with Gasteiger partial charge in [0.15, 0.2) is 16.6 Å². The third-order valence-electron chi connectivity index (χ3n) is 3.78. The number of nitrogens with one attached hydrogen (secondary N) is 1. The number of ether oxygens (including phenoxy) is 3. The normalized spacial score (nSPS) is 10.7. The number of alkyl halides is 1. The molecule has 0 amide bonds. The fourth-order valence-corrected chi connectivity index (χ4v) is 3.34. The lowest BCUT2D eigenvalue weighted by atomic mass is 10.2. The summed E-state index contributed by atoms with van der Waals surface area (Å²) in [5, 5.41) is 4.54. The number of esters is 1. The van der Waals surface area contributed by atoms with Crippen LogP contribution in [0.5, 0.6) is 11.5 Å². The van der Waals surface area contributed by atoms with Crippen LogP contribution in [0.25, 0.3) is 10.9 Å². The second-order valence-corrected chi connectivity index (χ2v) is 7.14. The number of thiazole rings is 1. The zero-order valence-corrected chi connectivity index (χ0v) is 17.0. The van der Waals surface area contributed by atoms with Gasteiger partial charge < -0.3 is 19.5 Å². The summed E-state index contributed by atoms with van der Waals surface area (Å²) >= 11 is 7.06. The van der Waals surface area contributed by atoms with Gasteiger partial charge >= 0.3 is 5.97 Å². The van der Waals surface area contributed by atoms with Gasteiger partial charge in [-0.1, -0.05) is 0 Å². The van der Waals surface area contributed by atoms with Crippen LogP contribution in [0.1, 0.15) is 11.3 Å². The van der Waals surface area contributed by atoms with Crippen molar-refractivity contribution >= 4 is 50.8 Å². The van der Waals surface area contributed by atoms with Gasteiger partial charge in [-0.05, 0) is 12.5 Å². The molecule has 0 fully saturated rings. The van der Waals surface area contributed by atoms with Gasteiger partial charge in [0.05, 0.1) is 32.8 Å². The Morgan fingerprint density at radius 3 is 2.82 bits per heavy atom. The first-order valence-corrected chi connectivity index (χ1v) is 9.79. The summed E-state index contributed by atoms with van der Waals surface area (Å²) < 4.78 is 15.9. The quantitative estimate of drug-likeness (QED) is 0.317. The maximum absolute atomic E-state index is 11.4. The number of rotatable bonds is 9. The Bertz CT molecular complexity index is 966. The summed E-state index contributed by atoms with van der Waals surface area (Å²) in [5.74, 6) is 1.96. The van der Waals surface area contributed by atoms with E-state index >= 15 is 0 Å². The molecule has 0 saturated heterocycles.